The van der Waals surface area contributed by atoms with Crippen molar-refractivity contribution < 1.29 is 14.3 Å². The molecule has 1 amide bonds. The van der Waals surface area contributed by atoms with Crippen LogP contribution in [0.5, 0.6) is 5.75 Å². The van der Waals surface area contributed by atoms with Gasteiger partial charge in [0.25, 0.3) is 5.91 Å². The largest absolute Gasteiger partial charge is 0.482 e. The second kappa shape index (κ2) is 7.87. The zero-order valence-electron chi connectivity index (χ0n) is 12.0. The van der Waals surface area contributed by atoms with Crippen LogP contribution in [0.2, 0.25) is 10.0 Å². The Labute approximate surface area is 134 Å². The van der Waals surface area contributed by atoms with Gasteiger partial charge in [-0.2, -0.15) is 0 Å². The van der Waals surface area contributed by atoms with Crippen molar-refractivity contribution in [2.24, 2.45) is 5.92 Å². The lowest BCUT2D eigenvalue weighted by atomic mass is 9.99. The van der Waals surface area contributed by atoms with Crippen LogP contribution in [-0.4, -0.2) is 44.2 Å². The molecule has 2 rings (SSSR count). The zero-order chi connectivity index (χ0) is 15.2. The molecule has 6 heteroatoms. The molecule has 116 valence electrons. The zero-order valence-corrected chi connectivity index (χ0v) is 13.5. The Morgan fingerprint density at radius 1 is 1.43 bits per heavy atom. The molecule has 1 aromatic carbocycles. The van der Waals surface area contributed by atoms with Crippen molar-refractivity contribution in [3.63, 3.8) is 0 Å². The van der Waals surface area contributed by atoms with Crippen molar-refractivity contribution in [3.05, 3.63) is 28.2 Å². The number of benzene rings is 1. The Hall–Kier alpha value is -0.970. The highest BCUT2D eigenvalue weighted by molar-refractivity contribution is 6.35. The summed E-state index contributed by atoms with van der Waals surface area (Å²) in [6, 6.07) is 4.95. The molecule has 1 heterocycles. The molecule has 0 radical (unpaired) electrons. The van der Waals surface area contributed by atoms with Gasteiger partial charge in [-0.15, -0.1) is 0 Å². The summed E-state index contributed by atoms with van der Waals surface area (Å²) in [4.78, 5) is 14.0. The highest BCUT2D eigenvalue weighted by Crippen LogP contribution is 2.27. The van der Waals surface area contributed by atoms with Crippen molar-refractivity contribution in [2.75, 3.05) is 33.4 Å². The van der Waals surface area contributed by atoms with Crippen molar-refractivity contribution in [1.82, 2.24) is 4.90 Å². The molecule has 1 aliphatic heterocycles. The Morgan fingerprint density at radius 3 is 2.95 bits per heavy atom. The predicted octanol–water partition coefficient (Wildman–Crippen LogP) is 3.26. The van der Waals surface area contributed by atoms with E-state index in [4.69, 9.17) is 32.7 Å². The number of likely N-dealkylation sites (tertiary alicyclic amines) is 1. The molecule has 1 aliphatic rings. The fourth-order valence-electron chi connectivity index (χ4n) is 2.49. The third kappa shape index (κ3) is 4.77. The quantitative estimate of drug-likeness (QED) is 0.831. The predicted molar refractivity (Wildman–Crippen MR) is 83.1 cm³/mol. The van der Waals surface area contributed by atoms with Crippen molar-refractivity contribution >= 4 is 29.1 Å². The van der Waals surface area contributed by atoms with Gasteiger partial charge < -0.3 is 14.4 Å². The van der Waals surface area contributed by atoms with Gasteiger partial charge in [0.1, 0.15) is 5.75 Å². The number of amides is 1. The summed E-state index contributed by atoms with van der Waals surface area (Å²) >= 11 is 11.8. The number of methoxy groups -OCH3 is 1. The number of carbonyl (C=O) groups excluding carboxylic acids is 1. The van der Waals surface area contributed by atoms with Crippen LogP contribution in [0.15, 0.2) is 18.2 Å². The van der Waals surface area contributed by atoms with Crippen LogP contribution in [0, 0.1) is 5.92 Å². The number of halogens is 2. The molecule has 0 N–H and O–H groups in total. The molecule has 1 unspecified atom stereocenters. The average molecular weight is 332 g/mol. The van der Waals surface area contributed by atoms with E-state index in [2.05, 4.69) is 0 Å². The van der Waals surface area contributed by atoms with Crippen LogP contribution in [0.3, 0.4) is 0 Å². The molecule has 0 aliphatic carbocycles. The minimum absolute atomic E-state index is 0.0128. The smallest absolute Gasteiger partial charge is 0.260 e. The normalized spacial score (nSPS) is 18.6. The fourth-order valence-corrected chi connectivity index (χ4v) is 2.95. The number of piperidine rings is 1. The van der Waals surface area contributed by atoms with Gasteiger partial charge in [0.05, 0.1) is 11.6 Å². The summed E-state index contributed by atoms with van der Waals surface area (Å²) < 4.78 is 10.7. The Balaban J connectivity index is 1.86. The second-order valence-corrected chi connectivity index (χ2v) is 6.01. The summed E-state index contributed by atoms with van der Waals surface area (Å²) in [5, 5.41) is 0.948. The van der Waals surface area contributed by atoms with Crippen LogP contribution in [-0.2, 0) is 9.53 Å². The number of hydrogen-bond donors (Lipinski definition) is 0. The van der Waals surface area contributed by atoms with Crippen LogP contribution in [0.4, 0.5) is 0 Å². The molecule has 0 saturated carbocycles. The lowest BCUT2D eigenvalue weighted by Crippen LogP contribution is -2.43. The summed E-state index contributed by atoms with van der Waals surface area (Å²) in [5.74, 6) is 0.855. The maximum Gasteiger partial charge on any atom is 0.260 e. The molecule has 0 aromatic heterocycles. The van der Waals surface area contributed by atoms with Gasteiger partial charge in [-0.3, -0.25) is 4.79 Å². The van der Waals surface area contributed by atoms with E-state index in [0.717, 1.165) is 25.9 Å². The molecule has 1 atom stereocenters. The van der Waals surface area contributed by atoms with Crippen LogP contribution in [0.1, 0.15) is 12.8 Å². The first-order valence-electron chi connectivity index (χ1n) is 6.94. The third-order valence-electron chi connectivity index (χ3n) is 3.52. The standard InChI is InChI=1S/C15H19Cl2NO3/c1-20-9-11-3-2-6-18(8-11)15(19)10-21-14-5-4-12(16)7-13(14)17/h4-5,7,11H,2-3,6,8-10H2,1H3. The lowest BCUT2D eigenvalue weighted by Gasteiger charge is -2.32. The first-order chi connectivity index (χ1) is 10.1. The summed E-state index contributed by atoms with van der Waals surface area (Å²) in [7, 11) is 1.69. The molecule has 1 fully saturated rings. The van der Waals surface area contributed by atoms with Gasteiger partial charge in [-0.05, 0) is 37.0 Å². The maximum atomic E-state index is 12.2. The molecule has 0 bridgehead atoms. The summed E-state index contributed by atoms with van der Waals surface area (Å²) in [5.41, 5.74) is 0. The molecule has 0 spiro atoms. The molecule has 4 nitrogen and oxygen atoms in total. The topological polar surface area (TPSA) is 38.8 Å². The minimum atomic E-state index is -0.0261. The highest BCUT2D eigenvalue weighted by Gasteiger charge is 2.23. The Kier molecular flexibility index (Phi) is 6.15. The number of rotatable bonds is 5. The number of carbonyl (C=O) groups is 1. The molecule has 1 saturated heterocycles. The van der Waals surface area contributed by atoms with E-state index in [-0.39, 0.29) is 12.5 Å². The van der Waals surface area contributed by atoms with E-state index in [1.165, 1.54) is 0 Å². The summed E-state index contributed by atoms with van der Waals surface area (Å²) in [6.45, 7) is 2.18. The minimum Gasteiger partial charge on any atom is -0.482 e. The van der Waals surface area contributed by atoms with Gasteiger partial charge >= 0.3 is 0 Å². The molecular formula is C15H19Cl2NO3. The van der Waals surface area contributed by atoms with Crippen LogP contribution in [0.25, 0.3) is 0 Å². The SMILES string of the molecule is COCC1CCCN(C(=O)COc2ccc(Cl)cc2Cl)C1. The molecular weight excluding hydrogens is 313 g/mol. The first kappa shape index (κ1) is 16.4. The number of nitrogens with zero attached hydrogens (tertiary/aromatic N) is 1. The van der Waals surface area contributed by atoms with Crippen LogP contribution < -0.4 is 4.74 Å². The van der Waals surface area contributed by atoms with E-state index in [1.807, 2.05) is 4.90 Å². The van der Waals surface area contributed by atoms with E-state index >= 15 is 0 Å². The van der Waals surface area contributed by atoms with Gasteiger partial charge in [-0.25, -0.2) is 0 Å². The van der Waals surface area contributed by atoms with Crippen LogP contribution >= 0.6 is 23.2 Å². The Bertz CT molecular complexity index is 494. The number of hydrogen-bond acceptors (Lipinski definition) is 3. The van der Waals surface area contributed by atoms with E-state index in [1.54, 1.807) is 25.3 Å². The van der Waals surface area contributed by atoms with Gasteiger partial charge in [-0.1, -0.05) is 23.2 Å². The Morgan fingerprint density at radius 2 is 2.24 bits per heavy atom. The van der Waals surface area contributed by atoms with Crippen molar-refractivity contribution in [1.29, 1.82) is 0 Å². The van der Waals surface area contributed by atoms with Gasteiger partial charge in [0.15, 0.2) is 6.61 Å². The van der Waals surface area contributed by atoms with Gasteiger partial charge in [0.2, 0.25) is 0 Å². The van der Waals surface area contributed by atoms with E-state index < -0.39 is 0 Å². The first-order valence-corrected chi connectivity index (χ1v) is 7.70. The monoisotopic (exact) mass is 331 g/mol. The van der Waals surface area contributed by atoms with Gasteiger partial charge in [0, 0.05) is 25.2 Å². The highest BCUT2D eigenvalue weighted by atomic mass is 35.5. The van der Waals surface area contributed by atoms with E-state index in [9.17, 15) is 4.79 Å². The third-order valence-corrected chi connectivity index (χ3v) is 4.05. The maximum absolute atomic E-state index is 12.2. The lowest BCUT2D eigenvalue weighted by molar-refractivity contribution is -0.135. The molecule has 21 heavy (non-hydrogen) atoms. The second-order valence-electron chi connectivity index (χ2n) is 5.17. The number of ether oxygens (including phenoxy) is 2. The van der Waals surface area contributed by atoms with E-state index in [0.29, 0.717) is 28.3 Å². The average Bonchev–Trinajstić information content (AvgIpc) is 2.47. The summed E-state index contributed by atoms with van der Waals surface area (Å²) in [6.07, 6.45) is 2.10. The van der Waals surface area contributed by atoms with Crippen molar-refractivity contribution in [2.45, 2.75) is 12.8 Å². The molecule has 1 aromatic rings. The van der Waals surface area contributed by atoms with Crippen molar-refractivity contribution in [3.8, 4) is 5.75 Å². The fraction of sp³-hybridized carbons (Fsp3) is 0.533.